The number of unbranched alkanes of at least 4 members (excludes halogenated alkanes) is 1. The van der Waals surface area contributed by atoms with Gasteiger partial charge in [-0.2, -0.15) is 13.2 Å². The first kappa shape index (κ1) is 18.8. The molecule has 0 saturated heterocycles. The Morgan fingerprint density at radius 3 is 2.62 bits per heavy atom. The molecule has 7 heteroatoms. The quantitative estimate of drug-likeness (QED) is 0.519. The second-order valence-electron chi connectivity index (χ2n) is 6.32. The molecule has 0 bridgehead atoms. The van der Waals surface area contributed by atoms with Crippen molar-refractivity contribution in [2.45, 2.75) is 31.9 Å². The van der Waals surface area contributed by atoms with Crippen LogP contribution in [-0.2, 0) is 4.79 Å². The van der Waals surface area contributed by atoms with Crippen LogP contribution in [0.15, 0.2) is 30.3 Å². The fourth-order valence-corrected chi connectivity index (χ4v) is 3.58. The molecule has 26 heavy (non-hydrogen) atoms. The van der Waals surface area contributed by atoms with Crippen LogP contribution in [0.25, 0.3) is 10.8 Å². The van der Waals surface area contributed by atoms with Crippen molar-refractivity contribution < 1.29 is 22.7 Å². The van der Waals surface area contributed by atoms with Crippen molar-refractivity contribution in [1.29, 1.82) is 0 Å². The third-order valence-corrected chi connectivity index (χ3v) is 4.93. The number of halogens is 4. The lowest BCUT2D eigenvalue weighted by molar-refractivity contribution is -0.170. The molecule has 1 aliphatic heterocycles. The van der Waals surface area contributed by atoms with E-state index >= 15 is 0 Å². The molecule has 0 saturated carbocycles. The van der Waals surface area contributed by atoms with Crippen LogP contribution < -0.4 is 9.64 Å². The molecule has 0 aliphatic carbocycles. The van der Waals surface area contributed by atoms with E-state index in [0.29, 0.717) is 17.9 Å². The monoisotopic (exact) mass is 385 g/mol. The fraction of sp³-hybridized carbons (Fsp3) is 0.421. The number of ether oxygens (including phenoxy) is 1. The zero-order valence-corrected chi connectivity index (χ0v) is 15.0. The minimum absolute atomic E-state index is 0.0837. The van der Waals surface area contributed by atoms with Gasteiger partial charge < -0.3 is 9.64 Å². The number of rotatable bonds is 5. The van der Waals surface area contributed by atoms with Gasteiger partial charge in [-0.1, -0.05) is 37.6 Å². The predicted octanol–water partition coefficient (Wildman–Crippen LogP) is 5.25. The van der Waals surface area contributed by atoms with E-state index in [9.17, 15) is 18.0 Å². The fourth-order valence-electron chi connectivity index (χ4n) is 3.33. The number of amides is 1. The van der Waals surface area contributed by atoms with Crippen LogP contribution in [0.1, 0.15) is 31.2 Å². The summed E-state index contributed by atoms with van der Waals surface area (Å²) in [5.41, 5.74) is 0.916. The molecule has 1 heterocycles. The van der Waals surface area contributed by atoms with Crippen molar-refractivity contribution in [2.75, 3.05) is 23.9 Å². The second-order valence-corrected chi connectivity index (χ2v) is 6.63. The van der Waals surface area contributed by atoms with Gasteiger partial charge in [0, 0.05) is 29.8 Å². The van der Waals surface area contributed by atoms with E-state index in [2.05, 4.69) is 0 Å². The van der Waals surface area contributed by atoms with Crippen LogP contribution in [-0.4, -0.2) is 31.1 Å². The molecule has 3 rings (SSSR count). The summed E-state index contributed by atoms with van der Waals surface area (Å²) < 4.78 is 44.9. The topological polar surface area (TPSA) is 29.5 Å². The van der Waals surface area contributed by atoms with Gasteiger partial charge in [-0.3, -0.25) is 4.79 Å². The molecule has 1 amide bonds. The number of fused-ring (bicyclic) bond motifs is 3. The van der Waals surface area contributed by atoms with Gasteiger partial charge in [-0.05, 0) is 17.4 Å². The lowest BCUT2D eigenvalue weighted by Gasteiger charge is -2.20. The number of hydrogen-bond donors (Lipinski definition) is 0. The predicted molar refractivity (Wildman–Crippen MR) is 96.2 cm³/mol. The first-order chi connectivity index (χ1) is 12.4. The number of anilines is 1. The van der Waals surface area contributed by atoms with Crippen LogP contribution in [0.4, 0.5) is 18.9 Å². The van der Waals surface area contributed by atoms with Gasteiger partial charge in [0.15, 0.2) is 0 Å². The van der Waals surface area contributed by atoms with E-state index in [1.165, 1.54) is 0 Å². The van der Waals surface area contributed by atoms with E-state index in [0.717, 1.165) is 28.5 Å². The van der Waals surface area contributed by atoms with Crippen LogP contribution in [0.3, 0.4) is 0 Å². The van der Waals surface area contributed by atoms with E-state index in [1.54, 1.807) is 6.07 Å². The highest BCUT2D eigenvalue weighted by molar-refractivity contribution is 6.19. The summed E-state index contributed by atoms with van der Waals surface area (Å²) >= 11 is 6.01. The smallest absolute Gasteiger partial charge is 0.471 e. The van der Waals surface area contributed by atoms with E-state index in [4.69, 9.17) is 16.3 Å². The third-order valence-electron chi connectivity index (χ3n) is 4.56. The van der Waals surface area contributed by atoms with Crippen LogP contribution in [0, 0.1) is 0 Å². The normalized spacial score (nSPS) is 16.8. The zero-order chi connectivity index (χ0) is 18.9. The average Bonchev–Trinajstić information content (AvgIpc) is 2.99. The summed E-state index contributed by atoms with van der Waals surface area (Å²) in [5, 5.41) is 1.60. The van der Waals surface area contributed by atoms with Crippen molar-refractivity contribution in [1.82, 2.24) is 0 Å². The molecule has 0 N–H and O–H groups in total. The Balaban J connectivity index is 2.15. The molecule has 0 unspecified atom stereocenters. The van der Waals surface area contributed by atoms with E-state index in [-0.39, 0.29) is 24.0 Å². The highest BCUT2D eigenvalue weighted by atomic mass is 35.5. The van der Waals surface area contributed by atoms with Crippen molar-refractivity contribution in [3.05, 3.63) is 35.9 Å². The Bertz CT molecular complexity index is 822. The Hall–Kier alpha value is -1.95. The molecule has 0 fully saturated rings. The Morgan fingerprint density at radius 2 is 2.00 bits per heavy atom. The Kier molecular flexibility index (Phi) is 5.32. The minimum Gasteiger partial charge on any atom is -0.493 e. The van der Waals surface area contributed by atoms with Crippen LogP contribution >= 0.6 is 11.6 Å². The number of benzene rings is 2. The van der Waals surface area contributed by atoms with Gasteiger partial charge in [0.05, 0.1) is 12.3 Å². The molecule has 0 aromatic heterocycles. The molecular formula is C19H19ClF3NO2. The van der Waals surface area contributed by atoms with Crippen LogP contribution in [0.2, 0.25) is 0 Å². The molecule has 2 aromatic carbocycles. The third kappa shape index (κ3) is 3.34. The molecule has 1 atom stereocenters. The van der Waals surface area contributed by atoms with Crippen molar-refractivity contribution in [2.24, 2.45) is 0 Å². The van der Waals surface area contributed by atoms with Gasteiger partial charge in [-0.25, -0.2) is 0 Å². The van der Waals surface area contributed by atoms with Crippen molar-refractivity contribution >= 4 is 34.0 Å². The summed E-state index contributed by atoms with van der Waals surface area (Å²) in [6, 6.07) is 8.92. The van der Waals surface area contributed by atoms with Gasteiger partial charge in [0.25, 0.3) is 0 Å². The lowest BCUT2D eigenvalue weighted by atomic mass is 9.95. The number of nitrogens with zero attached hydrogens (tertiary/aromatic N) is 1. The number of alkyl halides is 4. The summed E-state index contributed by atoms with van der Waals surface area (Å²) in [6.07, 6.45) is -3.16. The maximum absolute atomic E-state index is 13.0. The highest BCUT2D eigenvalue weighted by Crippen LogP contribution is 2.46. The highest BCUT2D eigenvalue weighted by Gasteiger charge is 2.47. The standard InChI is InChI=1S/C19H19ClF3NO2/c1-2-3-8-26-16-9-15-17(14-7-5-4-6-13(14)16)12(10-20)11-24(15)18(25)19(21,22)23/h4-7,9,12H,2-3,8,10-11H2,1H3/t12-/m1/s1. The number of hydrogen-bond acceptors (Lipinski definition) is 2. The van der Waals surface area contributed by atoms with Crippen molar-refractivity contribution in [3.63, 3.8) is 0 Å². The maximum atomic E-state index is 13.0. The summed E-state index contributed by atoms with van der Waals surface area (Å²) in [4.78, 5) is 12.7. The summed E-state index contributed by atoms with van der Waals surface area (Å²) in [5.74, 6) is -1.61. The lowest BCUT2D eigenvalue weighted by Crippen LogP contribution is -2.40. The molecule has 0 spiro atoms. The van der Waals surface area contributed by atoms with Crippen LogP contribution in [0.5, 0.6) is 5.75 Å². The Morgan fingerprint density at radius 1 is 1.31 bits per heavy atom. The molecule has 0 radical (unpaired) electrons. The zero-order valence-electron chi connectivity index (χ0n) is 14.3. The first-order valence-corrected chi connectivity index (χ1v) is 9.05. The van der Waals surface area contributed by atoms with E-state index in [1.807, 2.05) is 31.2 Å². The molecule has 140 valence electrons. The molecule has 1 aliphatic rings. The van der Waals surface area contributed by atoms with Crippen molar-refractivity contribution in [3.8, 4) is 5.75 Å². The maximum Gasteiger partial charge on any atom is 0.471 e. The number of carbonyl (C=O) groups is 1. The van der Waals surface area contributed by atoms with Gasteiger partial charge in [0.2, 0.25) is 0 Å². The van der Waals surface area contributed by atoms with Gasteiger partial charge in [0.1, 0.15) is 5.75 Å². The summed E-state index contributed by atoms with van der Waals surface area (Å²) in [6.45, 7) is 2.41. The molecular weight excluding hydrogens is 367 g/mol. The second kappa shape index (κ2) is 7.35. The summed E-state index contributed by atoms with van der Waals surface area (Å²) in [7, 11) is 0. The number of carbonyl (C=O) groups excluding carboxylic acids is 1. The van der Waals surface area contributed by atoms with E-state index < -0.39 is 12.1 Å². The SMILES string of the molecule is CCCCOc1cc2c(c3ccccc13)[C@H](CCl)CN2C(=O)C(F)(F)F. The first-order valence-electron chi connectivity index (χ1n) is 8.51. The Labute approximate surface area is 154 Å². The molecule has 3 nitrogen and oxygen atoms in total. The largest absolute Gasteiger partial charge is 0.493 e. The van der Waals surface area contributed by atoms with Gasteiger partial charge >= 0.3 is 12.1 Å². The average molecular weight is 386 g/mol. The van der Waals surface area contributed by atoms with Gasteiger partial charge in [-0.15, -0.1) is 11.6 Å². The minimum atomic E-state index is -4.94. The molecule has 2 aromatic rings.